The normalized spacial score (nSPS) is 22.8. The first-order valence-electron chi connectivity index (χ1n) is 6.36. The highest BCUT2D eigenvalue weighted by molar-refractivity contribution is 6.09. The molecule has 2 rings (SSSR count). The van der Waals surface area contributed by atoms with Crippen molar-refractivity contribution in [2.75, 3.05) is 11.4 Å². The minimum atomic E-state index is -1.62. The fourth-order valence-electron chi connectivity index (χ4n) is 2.53. The van der Waals surface area contributed by atoms with Crippen molar-refractivity contribution in [1.29, 1.82) is 0 Å². The maximum Gasteiger partial charge on any atom is 0.264 e. The number of oxime groups is 1. The molecular formula is C14H18N2O3. The number of benzene rings is 1. The summed E-state index contributed by atoms with van der Waals surface area (Å²) in [7, 11) is 0. The second kappa shape index (κ2) is 5.01. The van der Waals surface area contributed by atoms with Crippen molar-refractivity contribution in [2.24, 2.45) is 5.16 Å². The third-order valence-electron chi connectivity index (χ3n) is 3.37. The Kier molecular flexibility index (Phi) is 3.57. The maximum absolute atomic E-state index is 12.5. The summed E-state index contributed by atoms with van der Waals surface area (Å²) in [5.74, 6) is -0.349. The van der Waals surface area contributed by atoms with Gasteiger partial charge in [0, 0.05) is 18.5 Å². The van der Waals surface area contributed by atoms with Crippen molar-refractivity contribution in [3.63, 3.8) is 0 Å². The van der Waals surface area contributed by atoms with E-state index in [1.165, 1.54) is 0 Å². The summed E-state index contributed by atoms with van der Waals surface area (Å²) >= 11 is 0. The number of carbonyl (C=O) groups is 1. The molecule has 2 N–H and O–H groups in total. The van der Waals surface area contributed by atoms with Gasteiger partial charge in [0.15, 0.2) is 5.60 Å². The van der Waals surface area contributed by atoms with Crippen LogP contribution in [0.3, 0.4) is 0 Å². The number of aliphatic hydroxyl groups is 1. The number of para-hydroxylation sites is 1. The number of hydrogen-bond donors (Lipinski definition) is 2. The Bertz CT molecular complexity index is 527. The second-order valence-corrected chi connectivity index (χ2v) is 4.85. The molecule has 1 aliphatic heterocycles. The van der Waals surface area contributed by atoms with Crippen LogP contribution < -0.4 is 4.90 Å². The van der Waals surface area contributed by atoms with Gasteiger partial charge in [-0.15, -0.1) is 0 Å². The summed E-state index contributed by atoms with van der Waals surface area (Å²) in [6.07, 6.45) is 0.808. The molecule has 0 fully saturated rings. The quantitative estimate of drug-likeness (QED) is 0.494. The zero-order chi connectivity index (χ0) is 14.0. The van der Waals surface area contributed by atoms with Crippen LogP contribution in [0.5, 0.6) is 0 Å². The molecule has 19 heavy (non-hydrogen) atoms. The van der Waals surface area contributed by atoms with E-state index >= 15 is 0 Å². The molecule has 5 nitrogen and oxygen atoms in total. The van der Waals surface area contributed by atoms with Gasteiger partial charge in [-0.25, -0.2) is 0 Å². The molecule has 1 aliphatic rings. The van der Waals surface area contributed by atoms with Gasteiger partial charge in [0.1, 0.15) is 0 Å². The van der Waals surface area contributed by atoms with Crippen LogP contribution in [-0.4, -0.2) is 28.5 Å². The predicted molar refractivity (Wildman–Crippen MR) is 72.5 cm³/mol. The minimum absolute atomic E-state index is 0.000436. The van der Waals surface area contributed by atoms with E-state index < -0.39 is 5.60 Å². The first-order valence-corrected chi connectivity index (χ1v) is 6.36. The first kappa shape index (κ1) is 13.5. The molecule has 0 unspecified atom stereocenters. The molecule has 0 saturated carbocycles. The molecule has 0 aliphatic carbocycles. The Morgan fingerprint density at radius 2 is 2.11 bits per heavy atom. The van der Waals surface area contributed by atoms with E-state index in [9.17, 15) is 9.90 Å². The molecule has 1 aromatic carbocycles. The van der Waals surface area contributed by atoms with Crippen LogP contribution in [0, 0.1) is 0 Å². The SMILES string of the molecule is CCCN1C(=O)[C@](O)(C/C(C)=N\O)c2ccccc21. The summed E-state index contributed by atoms with van der Waals surface area (Å²) in [6, 6.07) is 7.20. The smallest absolute Gasteiger partial charge is 0.264 e. The average molecular weight is 262 g/mol. The number of nitrogens with zero attached hydrogens (tertiary/aromatic N) is 2. The van der Waals surface area contributed by atoms with Gasteiger partial charge < -0.3 is 15.2 Å². The average Bonchev–Trinajstić information content (AvgIpc) is 2.62. The Hall–Kier alpha value is -1.88. The third-order valence-corrected chi connectivity index (χ3v) is 3.37. The van der Waals surface area contributed by atoms with Crippen molar-refractivity contribution in [1.82, 2.24) is 0 Å². The van der Waals surface area contributed by atoms with Gasteiger partial charge in [-0.1, -0.05) is 30.3 Å². The number of hydrogen-bond acceptors (Lipinski definition) is 4. The summed E-state index contributed by atoms with van der Waals surface area (Å²) in [5.41, 5.74) is 0.0188. The lowest BCUT2D eigenvalue weighted by Gasteiger charge is -2.22. The van der Waals surface area contributed by atoms with Gasteiger partial charge in [0.25, 0.3) is 5.91 Å². The van der Waals surface area contributed by atoms with Gasteiger partial charge in [-0.2, -0.15) is 0 Å². The summed E-state index contributed by atoms with van der Waals surface area (Å²) in [4.78, 5) is 14.1. The van der Waals surface area contributed by atoms with E-state index in [1.54, 1.807) is 24.0 Å². The highest BCUT2D eigenvalue weighted by Gasteiger charge is 2.49. The van der Waals surface area contributed by atoms with E-state index in [0.717, 1.165) is 12.1 Å². The second-order valence-electron chi connectivity index (χ2n) is 4.85. The van der Waals surface area contributed by atoms with E-state index in [-0.39, 0.29) is 12.3 Å². The Balaban J connectivity index is 2.48. The molecule has 1 aromatic rings. The molecule has 0 spiro atoms. The van der Waals surface area contributed by atoms with E-state index in [1.807, 2.05) is 19.1 Å². The first-order chi connectivity index (χ1) is 9.04. The molecule has 1 atom stereocenters. The topological polar surface area (TPSA) is 73.1 Å². The number of anilines is 1. The zero-order valence-corrected chi connectivity index (χ0v) is 11.1. The number of carbonyl (C=O) groups excluding carboxylic acids is 1. The highest BCUT2D eigenvalue weighted by Crippen LogP contribution is 2.42. The van der Waals surface area contributed by atoms with Crippen LogP contribution in [0.1, 0.15) is 32.3 Å². The van der Waals surface area contributed by atoms with Gasteiger partial charge in [-0.05, 0) is 19.4 Å². The van der Waals surface area contributed by atoms with Crippen molar-refractivity contribution in [2.45, 2.75) is 32.3 Å². The molecule has 0 radical (unpaired) electrons. The van der Waals surface area contributed by atoms with Crippen molar-refractivity contribution < 1.29 is 15.1 Å². The van der Waals surface area contributed by atoms with Gasteiger partial charge in [0.2, 0.25) is 0 Å². The number of rotatable bonds is 4. The molecule has 0 bridgehead atoms. The van der Waals surface area contributed by atoms with Crippen LogP contribution in [-0.2, 0) is 10.4 Å². The van der Waals surface area contributed by atoms with Crippen LogP contribution in [0.2, 0.25) is 0 Å². The van der Waals surface area contributed by atoms with Crippen molar-refractivity contribution in [3.05, 3.63) is 29.8 Å². The lowest BCUT2D eigenvalue weighted by Crippen LogP contribution is -2.41. The largest absolute Gasteiger partial charge is 0.411 e. The van der Waals surface area contributed by atoms with Gasteiger partial charge >= 0.3 is 0 Å². The molecule has 1 amide bonds. The standard InChI is InChI=1S/C14H18N2O3/c1-3-8-16-12-7-5-4-6-11(12)14(18,13(16)17)9-10(2)15-19/h4-7,18-19H,3,8-9H2,1-2H3/b15-10-/t14-/m0/s1. The number of fused-ring (bicyclic) bond motifs is 1. The van der Waals surface area contributed by atoms with Crippen molar-refractivity contribution in [3.8, 4) is 0 Å². The van der Waals surface area contributed by atoms with E-state index in [4.69, 9.17) is 5.21 Å². The third kappa shape index (κ3) is 2.10. The summed E-state index contributed by atoms with van der Waals surface area (Å²) in [5, 5.41) is 22.6. The maximum atomic E-state index is 12.5. The lowest BCUT2D eigenvalue weighted by molar-refractivity contribution is -0.135. The monoisotopic (exact) mass is 262 g/mol. The fourth-order valence-corrected chi connectivity index (χ4v) is 2.53. The van der Waals surface area contributed by atoms with Crippen molar-refractivity contribution >= 4 is 17.3 Å². The highest BCUT2D eigenvalue weighted by atomic mass is 16.4. The lowest BCUT2D eigenvalue weighted by atomic mass is 9.90. The van der Waals surface area contributed by atoms with Crippen LogP contribution in [0.25, 0.3) is 0 Å². The molecule has 5 heteroatoms. The zero-order valence-electron chi connectivity index (χ0n) is 11.1. The molecule has 102 valence electrons. The van der Waals surface area contributed by atoms with Crippen LogP contribution in [0.4, 0.5) is 5.69 Å². The predicted octanol–water partition coefficient (Wildman–Crippen LogP) is 1.87. The van der Waals surface area contributed by atoms with Gasteiger partial charge in [-0.3, -0.25) is 4.79 Å². The number of amides is 1. The van der Waals surface area contributed by atoms with Gasteiger partial charge in [0.05, 0.1) is 11.4 Å². The summed E-state index contributed by atoms with van der Waals surface area (Å²) < 4.78 is 0. The molecule has 0 saturated heterocycles. The Labute approximate surface area is 112 Å². The molecular weight excluding hydrogens is 244 g/mol. The van der Waals surface area contributed by atoms with E-state index in [0.29, 0.717) is 17.8 Å². The molecule has 0 aromatic heterocycles. The fraction of sp³-hybridized carbons (Fsp3) is 0.429. The Morgan fingerprint density at radius 3 is 2.74 bits per heavy atom. The minimum Gasteiger partial charge on any atom is -0.411 e. The molecule has 1 heterocycles. The Morgan fingerprint density at radius 1 is 1.42 bits per heavy atom. The van der Waals surface area contributed by atoms with E-state index in [2.05, 4.69) is 5.16 Å². The summed E-state index contributed by atoms with van der Waals surface area (Å²) in [6.45, 7) is 4.12. The van der Waals surface area contributed by atoms with Crippen LogP contribution in [0.15, 0.2) is 29.4 Å². The van der Waals surface area contributed by atoms with Crippen LogP contribution >= 0.6 is 0 Å².